The summed E-state index contributed by atoms with van der Waals surface area (Å²) < 4.78 is 19.4. The molecule has 0 aromatic heterocycles. The van der Waals surface area contributed by atoms with Crippen molar-refractivity contribution in [2.45, 2.75) is 77.2 Å². The number of ether oxygens (including phenoxy) is 1. The molecule has 0 bridgehead atoms. The van der Waals surface area contributed by atoms with E-state index in [2.05, 4.69) is 67.6 Å². The van der Waals surface area contributed by atoms with E-state index in [1.165, 1.54) is 55.3 Å². The molecule has 0 radical (unpaired) electrons. The van der Waals surface area contributed by atoms with Gasteiger partial charge in [0, 0.05) is 13.2 Å². The van der Waals surface area contributed by atoms with Crippen molar-refractivity contribution in [3.8, 4) is 0 Å². The van der Waals surface area contributed by atoms with Gasteiger partial charge in [-0.2, -0.15) is 0 Å². The van der Waals surface area contributed by atoms with Gasteiger partial charge in [-0.3, -0.25) is 0 Å². The zero-order valence-electron chi connectivity index (χ0n) is 19.3. The topological polar surface area (TPSA) is 27.7 Å². The molecule has 3 rings (SSSR count). The van der Waals surface area contributed by atoms with Gasteiger partial charge in [0.05, 0.1) is 12.7 Å². The Morgan fingerprint density at radius 2 is 1.35 bits per heavy atom. The summed E-state index contributed by atoms with van der Waals surface area (Å²) in [5.41, 5.74) is 0. The van der Waals surface area contributed by atoms with Gasteiger partial charge in [0.25, 0.3) is 0 Å². The fraction of sp³-hybridized carbons (Fsp3) is 0.556. The monoisotopic (exact) mass is 440 g/mol. The standard InChI is InChI=1S/C27H40O3Si/c1-2-3-4-5-6-7-8-15-23-29-31(26-18-11-9-12-19-26,27-20-13-10-14-21-27)30-24-25-17-16-22-28-25/h9-14,18-21,25H,2-8,15-17,22-24H2,1H3. The lowest BCUT2D eigenvalue weighted by atomic mass is 10.1. The lowest BCUT2D eigenvalue weighted by Crippen LogP contribution is -2.64. The van der Waals surface area contributed by atoms with Crippen molar-refractivity contribution >= 4 is 18.9 Å². The third-order valence-corrected chi connectivity index (χ3v) is 9.48. The van der Waals surface area contributed by atoms with Crippen LogP contribution in [0.25, 0.3) is 0 Å². The zero-order valence-corrected chi connectivity index (χ0v) is 20.3. The second kappa shape index (κ2) is 13.8. The highest BCUT2D eigenvalue weighted by molar-refractivity contribution is 6.92. The molecular weight excluding hydrogens is 400 g/mol. The lowest BCUT2D eigenvalue weighted by Gasteiger charge is -2.32. The summed E-state index contributed by atoms with van der Waals surface area (Å²) in [4.78, 5) is 0. The van der Waals surface area contributed by atoms with Gasteiger partial charge in [-0.1, -0.05) is 113 Å². The minimum Gasteiger partial charge on any atom is -0.388 e. The van der Waals surface area contributed by atoms with Crippen LogP contribution in [0.4, 0.5) is 0 Å². The Bertz CT molecular complexity index is 661. The van der Waals surface area contributed by atoms with E-state index in [0.29, 0.717) is 6.61 Å². The maximum absolute atomic E-state index is 6.77. The molecule has 1 atom stereocenters. The third kappa shape index (κ3) is 7.57. The van der Waals surface area contributed by atoms with Crippen LogP contribution in [0.1, 0.15) is 71.1 Å². The lowest BCUT2D eigenvalue weighted by molar-refractivity contribution is 0.0535. The highest BCUT2D eigenvalue weighted by atomic mass is 28.4. The van der Waals surface area contributed by atoms with Crippen LogP contribution in [0, 0.1) is 0 Å². The maximum Gasteiger partial charge on any atom is 0.407 e. The molecule has 0 spiro atoms. The van der Waals surface area contributed by atoms with Crippen LogP contribution in [-0.2, 0) is 13.6 Å². The summed E-state index contributed by atoms with van der Waals surface area (Å²) in [6, 6.07) is 21.2. The minimum absolute atomic E-state index is 0.186. The van der Waals surface area contributed by atoms with Crippen molar-refractivity contribution in [2.75, 3.05) is 19.8 Å². The minimum atomic E-state index is -2.78. The smallest absolute Gasteiger partial charge is 0.388 e. The first-order valence-electron chi connectivity index (χ1n) is 12.4. The van der Waals surface area contributed by atoms with Crippen LogP contribution in [0.5, 0.6) is 0 Å². The molecule has 4 heteroatoms. The Hall–Kier alpha value is -1.46. The van der Waals surface area contributed by atoms with E-state index in [-0.39, 0.29) is 6.10 Å². The molecule has 2 aromatic carbocycles. The van der Waals surface area contributed by atoms with Gasteiger partial charge in [-0.15, -0.1) is 0 Å². The van der Waals surface area contributed by atoms with Crippen LogP contribution < -0.4 is 10.4 Å². The van der Waals surface area contributed by atoms with Gasteiger partial charge in [0.1, 0.15) is 0 Å². The number of unbranched alkanes of at least 4 members (excludes halogenated alkanes) is 7. The molecule has 2 aromatic rings. The quantitative estimate of drug-likeness (QED) is 0.267. The number of hydrogen-bond acceptors (Lipinski definition) is 3. The predicted molar refractivity (Wildman–Crippen MR) is 131 cm³/mol. The average molecular weight is 441 g/mol. The Labute approximate surface area is 190 Å². The second-order valence-corrected chi connectivity index (χ2v) is 11.6. The van der Waals surface area contributed by atoms with Crippen molar-refractivity contribution in [2.24, 2.45) is 0 Å². The molecule has 1 fully saturated rings. The summed E-state index contributed by atoms with van der Waals surface area (Å²) >= 11 is 0. The highest BCUT2D eigenvalue weighted by Crippen LogP contribution is 2.17. The second-order valence-electron chi connectivity index (χ2n) is 8.62. The summed E-state index contributed by atoms with van der Waals surface area (Å²) in [6.45, 7) is 4.47. The molecule has 0 saturated carbocycles. The molecule has 0 aliphatic carbocycles. The van der Waals surface area contributed by atoms with Gasteiger partial charge >= 0.3 is 8.56 Å². The normalized spacial score (nSPS) is 16.6. The van der Waals surface area contributed by atoms with Gasteiger partial charge in [-0.05, 0) is 29.6 Å². The molecule has 1 heterocycles. The van der Waals surface area contributed by atoms with Gasteiger partial charge < -0.3 is 13.6 Å². The summed E-state index contributed by atoms with van der Waals surface area (Å²) in [7, 11) is -2.78. The predicted octanol–water partition coefficient (Wildman–Crippen LogP) is 5.60. The molecule has 0 amide bonds. The van der Waals surface area contributed by atoms with E-state index < -0.39 is 8.56 Å². The van der Waals surface area contributed by atoms with E-state index in [4.69, 9.17) is 13.6 Å². The van der Waals surface area contributed by atoms with Crippen molar-refractivity contribution < 1.29 is 13.6 Å². The van der Waals surface area contributed by atoms with E-state index in [0.717, 1.165) is 32.5 Å². The molecule has 0 N–H and O–H groups in total. The van der Waals surface area contributed by atoms with Gasteiger partial charge in [0.2, 0.25) is 0 Å². The van der Waals surface area contributed by atoms with E-state index in [1.807, 2.05) is 0 Å². The molecule has 3 nitrogen and oxygen atoms in total. The SMILES string of the molecule is CCCCCCCCCCO[Si](OCC1CCCO1)(c1ccccc1)c1ccccc1. The van der Waals surface area contributed by atoms with Gasteiger partial charge in [0.15, 0.2) is 0 Å². The van der Waals surface area contributed by atoms with Crippen LogP contribution in [-0.4, -0.2) is 34.5 Å². The molecular formula is C27H40O3Si. The fourth-order valence-electron chi connectivity index (χ4n) is 4.29. The van der Waals surface area contributed by atoms with Crippen LogP contribution in [0.3, 0.4) is 0 Å². The van der Waals surface area contributed by atoms with Crippen molar-refractivity contribution in [3.05, 3.63) is 60.7 Å². The Morgan fingerprint density at radius 3 is 1.90 bits per heavy atom. The third-order valence-electron chi connectivity index (χ3n) is 6.11. The largest absolute Gasteiger partial charge is 0.407 e. The Balaban J connectivity index is 1.65. The van der Waals surface area contributed by atoms with E-state index in [9.17, 15) is 0 Å². The molecule has 1 unspecified atom stereocenters. The average Bonchev–Trinajstić information content (AvgIpc) is 3.35. The molecule has 1 aliphatic heterocycles. The fourth-order valence-corrected chi connectivity index (χ4v) is 7.49. The zero-order chi connectivity index (χ0) is 21.6. The first kappa shape index (κ1) is 24.2. The van der Waals surface area contributed by atoms with Crippen LogP contribution >= 0.6 is 0 Å². The van der Waals surface area contributed by atoms with Crippen LogP contribution in [0.2, 0.25) is 0 Å². The van der Waals surface area contributed by atoms with E-state index >= 15 is 0 Å². The van der Waals surface area contributed by atoms with Crippen molar-refractivity contribution in [3.63, 3.8) is 0 Å². The van der Waals surface area contributed by atoms with Gasteiger partial charge in [-0.25, -0.2) is 0 Å². The van der Waals surface area contributed by atoms with Crippen LogP contribution in [0.15, 0.2) is 60.7 Å². The Morgan fingerprint density at radius 1 is 0.774 bits per heavy atom. The number of hydrogen-bond donors (Lipinski definition) is 0. The maximum atomic E-state index is 6.77. The first-order chi connectivity index (χ1) is 15.3. The van der Waals surface area contributed by atoms with Crippen molar-refractivity contribution in [1.82, 2.24) is 0 Å². The molecule has 1 saturated heterocycles. The summed E-state index contributed by atoms with van der Waals surface area (Å²) in [5.74, 6) is 0. The molecule has 1 aliphatic rings. The Kier molecular flexibility index (Phi) is 10.8. The summed E-state index contributed by atoms with van der Waals surface area (Å²) in [6.07, 6.45) is 12.8. The van der Waals surface area contributed by atoms with E-state index in [1.54, 1.807) is 0 Å². The summed E-state index contributed by atoms with van der Waals surface area (Å²) in [5, 5.41) is 2.36. The number of benzene rings is 2. The molecule has 170 valence electrons. The number of rotatable bonds is 15. The highest BCUT2D eigenvalue weighted by Gasteiger charge is 2.43. The molecule has 31 heavy (non-hydrogen) atoms. The van der Waals surface area contributed by atoms with Crippen molar-refractivity contribution in [1.29, 1.82) is 0 Å². The first-order valence-corrected chi connectivity index (χ1v) is 14.2.